The first-order valence-electron chi connectivity index (χ1n) is 3.26. The summed E-state index contributed by atoms with van der Waals surface area (Å²) in [5.74, 6) is -1.41. The molecule has 0 spiro atoms. The number of hydrogen-bond acceptors (Lipinski definition) is 4. The molecular formula is C5H13N2NaO4S. The van der Waals surface area contributed by atoms with Crippen molar-refractivity contribution in [1.82, 2.24) is 4.31 Å². The average molecular weight is 220 g/mol. The molecule has 0 aliphatic rings. The van der Waals surface area contributed by atoms with E-state index in [1.807, 2.05) is 0 Å². The van der Waals surface area contributed by atoms with Crippen LogP contribution in [0.25, 0.3) is 0 Å². The van der Waals surface area contributed by atoms with Gasteiger partial charge in [-0.2, -0.15) is 4.31 Å². The van der Waals surface area contributed by atoms with Crippen LogP contribution in [0, 0.1) is 0 Å². The zero-order valence-electron chi connectivity index (χ0n) is 6.73. The van der Waals surface area contributed by atoms with E-state index in [0.29, 0.717) is 0 Å². The molecule has 0 aromatic rings. The van der Waals surface area contributed by atoms with E-state index in [1.165, 1.54) is 7.05 Å². The normalized spacial score (nSPS) is 11.0. The average Bonchev–Trinajstić information content (AvgIpc) is 1.85. The van der Waals surface area contributed by atoms with Crippen molar-refractivity contribution in [2.45, 2.75) is 0 Å². The molecular weight excluding hydrogens is 207 g/mol. The predicted molar refractivity (Wildman–Crippen MR) is 50.3 cm³/mol. The van der Waals surface area contributed by atoms with Crippen molar-refractivity contribution in [3.05, 3.63) is 0 Å². The molecule has 0 aromatic heterocycles. The molecule has 3 N–H and O–H groups in total. The quantitative estimate of drug-likeness (QED) is 0.505. The van der Waals surface area contributed by atoms with Crippen molar-refractivity contribution in [2.75, 3.05) is 25.9 Å². The molecule has 0 bridgehead atoms. The molecule has 74 valence electrons. The number of aliphatic carboxylic acids is 1. The van der Waals surface area contributed by atoms with Crippen LogP contribution >= 0.6 is 0 Å². The Morgan fingerprint density at radius 1 is 1.54 bits per heavy atom. The van der Waals surface area contributed by atoms with Crippen molar-refractivity contribution in [3.63, 3.8) is 0 Å². The van der Waals surface area contributed by atoms with Gasteiger partial charge in [-0.15, -0.1) is 0 Å². The van der Waals surface area contributed by atoms with Gasteiger partial charge in [0.25, 0.3) is 0 Å². The van der Waals surface area contributed by atoms with Crippen LogP contribution in [0.1, 0.15) is 0 Å². The van der Waals surface area contributed by atoms with Gasteiger partial charge in [0.1, 0.15) is 6.54 Å². The molecule has 0 saturated heterocycles. The van der Waals surface area contributed by atoms with Gasteiger partial charge < -0.3 is 10.8 Å². The zero-order valence-corrected chi connectivity index (χ0v) is 7.54. The summed E-state index contributed by atoms with van der Waals surface area (Å²) in [6.45, 7) is -0.533. The fourth-order valence-corrected chi connectivity index (χ4v) is 1.51. The van der Waals surface area contributed by atoms with Crippen LogP contribution in [-0.4, -0.2) is 79.2 Å². The molecule has 0 rings (SSSR count). The maximum absolute atomic E-state index is 11.0. The number of carboxylic acid groups (broad SMARTS) is 1. The van der Waals surface area contributed by atoms with Crippen LogP contribution in [0.15, 0.2) is 0 Å². The van der Waals surface area contributed by atoms with Gasteiger partial charge in [0.2, 0.25) is 10.0 Å². The summed E-state index contributed by atoms with van der Waals surface area (Å²) in [5, 5.41) is 8.28. The zero-order chi connectivity index (χ0) is 9.78. The number of nitrogens with two attached hydrogens (primary N) is 1. The molecule has 0 aliphatic carbocycles. The third-order valence-electron chi connectivity index (χ3n) is 1.21. The monoisotopic (exact) mass is 220 g/mol. The van der Waals surface area contributed by atoms with Crippen molar-refractivity contribution in [1.29, 1.82) is 0 Å². The molecule has 0 atom stereocenters. The van der Waals surface area contributed by atoms with Gasteiger partial charge in [-0.05, 0) is 0 Å². The Labute approximate surface area is 99.4 Å². The van der Waals surface area contributed by atoms with E-state index in [9.17, 15) is 13.2 Å². The van der Waals surface area contributed by atoms with E-state index in [4.69, 9.17) is 10.8 Å². The van der Waals surface area contributed by atoms with Gasteiger partial charge >= 0.3 is 35.5 Å². The van der Waals surface area contributed by atoms with Gasteiger partial charge in [-0.1, -0.05) is 0 Å². The van der Waals surface area contributed by atoms with Gasteiger partial charge in [0.05, 0.1) is 5.75 Å². The second-order valence-electron chi connectivity index (χ2n) is 2.25. The molecule has 13 heavy (non-hydrogen) atoms. The molecule has 0 aromatic carbocycles. The summed E-state index contributed by atoms with van der Waals surface area (Å²) in [7, 11) is -2.27. The van der Waals surface area contributed by atoms with Crippen LogP contribution in [0.4, 0.5) is 0 Å². The van der Waals surface area contributed by atoms with E-state index in [-0.39, 0.29) is 41.9 Å². The summed E-state index contributed by atoms with van der Waals surface area (Å²) < 4.78 is 22.9. The molecule has 0 heterocycles. The Kier molecular flexibility index (Phi) is 8.19. The van der Waals surface area contributed by atoms with Crippen molar-refractivity contribution in [2.24, 2.45) is 5.73 Å². The maximum atomic E-state index is 11.0. The van der Waals surface area contributed by atoms with E-state index in [1.54, 1.807) is 0 Å². The molecule has 0 saturated carbocycles. The summed E-state index contributed by atoms with van der Waals surface area (Å²) in [4.78, 5) is 10.1. The number of sulfonamides is 1. The van der Waals surface area contributed by atoms with Gasteiger partial charge in [-0.25, -0.2) is 8.42 Å². The van der Waals surface area contributed by atoms with Crippen LogP contribution in [0.5, 0.6) is 0 Å². The molecule has 6 nitrogen and oxygen atoms in total. The number of rotatable bonds is 5. The first-order valence-corrected chi connectivity index (χ1v) is 4.87. The summed E-state index contributed by atoms with van der Waals surface area (Å²) in [5.41, 5.74) is 5.03. The van der Waals surface area contributed by atoms with Crippen LogP contribution in [-0.2, 0) is 14.8 Å². The molecule has 0 unspecified atom stereocenters. The van der Waals surface area contributed by atoms with Crippen LogP contribution < -0.4 is 5.73 Å². The minimum absolute atomic E-state index is 0. The number of nitrogens with zero attached hydrogens (tertiary/aromatic N) is 1. The number of likely N-dealkylation sites (N-methyl/N-ethyl adjacent to an activating group) is 1. The molecule has 0 fully saturated rings. The topological polar surface area (TPSA) is 101 Å². The standard InChI is InChI=1S/C5H12N2O4S.Na.H/c1-7(4-5(8)9)12(10,11)3-2-6;;/h2-4,6H2,1H3,(H,8,9);;. The van der Waals surface area contributed by atoms with Crippen molar-refractivity contribution >= 4 is 45.5 Å². The van der Waals surface area contributed by atoms with E-state index >= 15 is 0 Å². The SMILES string of the molecule is CN(CC(=O)O)S(=O)(=O)CCN.[NaH]. The van der Waals surface area contributed by atoms with E-state index in [0.717, 1.165) is 4.31 Å². The molecule has 0 amide bonds. The van der Waals surface area contributed by atoms with Gasteiger partial charge in [-0.3, -0.25) is 4.79 Å². The number of hydrogen-bond donors (Lipinski definition) is 2. The van der Waals surface area contributed by atoms with Gasteiger partial charge in [0, 0.05) is 13.6 Å². The Morgan fingerprint density at radius 2 is 2.00 bits per heavy atom. The Balaban J connectivity index is 0. The number of carbonyl (C=O) groups is 1. The predicted octanol–water partition coefficient (Wildman–Crippen LogP) is -2.36. The second kappa shape index (κ2) is 6.74. The van der Waals surface area contributed by atoms with Crippen LogP contribution in [0.2, 0.25) is 0 Å². The van der Waals surface area contributed by atoms with Crippen molar-refractivity contribution < 1.29 is 18.3 Å². The Hall–Kier alpha value is 0.340. The minimum atomic E-state index is -3.48. The third-order valence-corrected chi connectivity index (χ3v) is 3.04. The van der Waals surface area contributed by atoms with Crippen molar-refractivity contribution in [3.8, 4) is 0 Å². The van der Waals surface area contributed by atoms with Crippen LogP contribution in [0.3, 0.4) is 0 Å². The first kappa shape index (κ1) is 15.8. The Bertz CT molecular complexity index is 253. The fraction of sp³-hybridized carbons (Fsp3) is 0.800. The first-order chi connectivity index (χ1) is 5.40. The third kappa shape index (κ3) is 6.42. The van der Waals surface area contributed by atoms with E-state index in [2.05, 4.69) is 0 Å². The summed E-state index contributed by atoms with van der Waals surface area (Å²) in [6.07, 6.45) is 0. The van der Waals surface area contributed by atoms with Gasteiger partial charge in [0.15, 0.2) is 0 Å². The second-order valence-corrected chi connectivity index (χ2v) is 4.45. The Morgan fingerprint density at radius 3 is 2.31 bits per heavy atom. The molecule has 0 radical (unpaired) electrons. The molecule has 0 aliphatic heterocycles. The summed E-state index contributed by atoms with van der Waals surface area (Å²) >= 11 is 0. The summed E-state index contributed by atoms with van der Waals surface area (Å²) in [6, 6.07) is 0. The van der Waals surface area contributed by atoms with E-state index < -0.39 is 22.5 Å². The fourth-order valence-electron chi connectivity index (χ4n) is 0.594. The molecule has 8 heteroatoms. The number of carboxylic acids is 1.